The van der Waals surface area contributed by atoms with E-state index in [0.29, 0.717) is 5.95 Å². The van der Waals surface area contributed by atoms with Crippen LogP contribution in [0.5, 0.6) is 6.01 Å². The summed E-state index contributed by atoms with van der Waals surface area (Å²) >= 11 is 5.83. The van der Waals surface area contributed by atoms with Gasteiger partial charge in [0.05, 0.1) is 6.10 Å². The molecule has 0 aliphatic carbocycles. The van der Waals surface area contributed by atoms with Crippen molar-refractivity contribution in [2.24, 2.45) is 5.92 Å². The highest BCUT2D eigenvalue weighted by Gasteiger charge is 2.07. The Morgan fingerprint density at radius 1 is 1.11 bits per heavy atom. The molecule has 6 heteroatoms. The van der Waals surface area contributed by atoms with Gasteiger partial charge in [-0.1, -0.05) is 26.7 Å². The van der Waals surface area contributed by atoms with E-state index >= 15 is 0 Å². The SMILES string of the molecule is CC(C)CCCCNc1nc(Cl)nc(OC(C)C)n1. The van der Waals surface area contributed by atoms with Crippen molar-refractivity contribution < 1.29 is 4.74 Å². The lowest BCUT2D eigenvalue weighted by Crippen LogP contribution is -2.12. The molecule has 19 heavy (non-hydrogen) atoms. The molecular weight excluding hydrogens is 264 g/mol. The smallest absolute Gasteiger partial charge is 0.322 e. The van der Waals surface area contributed by atoms with Crippen LogP contribution in [0.15, 0.2) is 0 Å². The quantitative estimate of drug-likeness (QED) is 0.741. The molecule has 0 bridgehead atoms. The predicted molar refractivity (Wildman–Crippen MR) is 77.8 cm³/mol. The van der Waals surface area contributed by atoms with Gasteiger partial charge in [-0.2, -0.15) is 15.0 Å². The van der Waals surface area contributed by atoms with Crippen LogP contribution in [0, 0.1) is 5.92 Å². The van der Waals surface area contributed by atoms with E-state index in [2.05, 4.69) is 34.1 Å². The number of hydrogen-bond acceptors (Lipinski definition) is 5. The summed E-state index contributed by atoms with van der Waals surface area (Å²) in [6, 6.07) is 0.264. The lowest BCUT2D eigenvalue weighted by molar-refractivity contribution is 0.222. The molecule has 1 aromatic rings. The van der Waals surface area contributed by atoms with Gasteiger partial charge in [0.25, 0.3) is 0 Å². The second kappa shape index (κ2) is 8.15. The lowest BCUT2D eigenvalue weighted by Gasteiger charge is -2.10. The molecule has 0 radical (unpaired) electrons. The summed E-state index contributed by atoms with van der Waals surface area (Å²) in [4.78, 5) is 12.1. The molecule has 0 aromatic carbocycles. The highest BCUT2D eigenvalue weighted by molar-refractivity contribution is 6.28. The summed E-state index contributed by atoms with van der Waals surface area (Å²) in [5, 5.41) is 3.29. The minimum Gasteiger partial charge on any atom is -0.461 e. The van der Waals surface area contributed by atoms with Gasteiger partial charge in [0.1, 0.15) is 0 Å². The summed E-state index contributed by atoms with van der Waals surface area (Å²) in [7, 11) is 0. The summed E-state index contributed by atoms with van der Waals surface area (Å²) in [6.45, 7) is 9.12. The molecular formula is C13H23ClN4O. The first-order valence-corrected chi connectivity index (χ1v) is 7.17. The number of halogens is 1. The van der Waals surface area contributed by atoms with Crippen LogP contribution in [0.4, 0.5) is 5.95 Å². The molecule has 0 saturated carbocycles. The highest BCUT2D eigenvalue weighted by Crippen LogP contribution is 2.13. The summed E-state index contributed by atoms with van der Waals surface area (Å²) in [6.07, 6.45) is 3.53. The molecule has 0 saturated heterocycles. The number of hydrogen-bond donors (Lipinski definition) is 1. The minimum atomic E-state index is 0.0114. The van der Waals surface area contributed by atoms with Crippen molar-refractivity contribution >= 4 is 17.5 Å². The number of nitrogens with zero attached hydrogens (tertiary/aromatic N) is 3. The number of ether oxygens (including phenoxy) is 1. The average molecular weight is 287 g/mol. The van der Waals surface area contributed by atoms with Crippen molar-refractivity contribution in [2.75, 3.05) is 11.9 Å². The van der Waals surface area contributed by atoms with Crippen LogP contribution in [0.2, 0.25) is 5.28 Å². The van der Waals surface area contributed by atoms with Crippen LogP contribution in [-0.4, -0.2) is 27.6 Å². The Hall–Kier alpha value is -1.10. The summed E-state index contributed by atoms with van der Waals surface area (Å²) < 4.78 is 5.41. The molecule has 0 spiro atoms. The second-order valence-electron chi connectivity index (χ2n) is 5.19. The van der Waals surface area contributed by atoms with Gasteiger partial charge in [-0.3, -0.25) is 0 Å². The van der Waals surface area contributed by atoms with E-state index < -0.39 is 0 Å². The Kier molecular flexibility index (Phi) is 6.84. The summed E-state index contributed by atoms with van der Waals surface area (Å²) in [5.74, 6) is 1.22. The lowest BCUT2D eigenvalue weighted by atomic mass is 10.1. The molecule has 0 aliphatic rings. The first-order chi connectivity index (χ1) is 8.97. The third kappa shape index (κ3) is 7.15. The third-order valence-corrected chi connectivity index (χ3v) is 2.59. The monoisotopic (exact) mass is 286 g/mol. The fraction of sp³-hybridized carbons (Fsp3) is 0.769. The van der Waals surface area contributed by atoms with Gasteiger partial charge >= 0.3 is 6.01 Å². The van der Waals surface area contributed by atoms with E-state index in [4.69, 9.17) is 16.3 Å². The van der Waals surface area contributed by atoms with Gasteiger partial charge in [-0.05, 0) is 37.8 Å². The van der Waals surface area contributed by atoms with Crippen molar-refractivity contribution in [3.8, 4) is 6.01 Å². The topological polar surface area (TPSA) is 59.9 Å². The number of aromatic nitrogens is 3. The van der Waals surface area contributed by atoms with Crippen molar-refractivity contribution in [2.45, 2.75) is 53.1 Å². The third-order valence-electron chi connectivity index (χ3n) is 2.42. The Morgan fingerprint density at radius 2 is 1.84 bits per heavy atom. The standard InChI is InChI=1S/C13H23ClN4O/c1-9(2)7-5-6-8-15-12-16-11(14)17-13(18-12)19-10(3)4/h9-10H,5-8H2,1-4H3,(H,15,16,17,18). The zero-order chi connectivity index (χ0) is 14.3. The molecule has 0 aliphatic heterocycles. The molecule has 5 nitrogen and oxygen atoms in total. The van der Waals surface area contributed by atoms with Gasteiger partial charge in [-0.15, -0.1) is 0 Å². The first-order valence-electron chi connectivity index (χ1n) is 6.79. The maximum Gasteiger partial charge on any atom is 0.322 e. The van der Waals surface area contributed by atoms with Crippen LogP contribution < -0.4 is 10.1 Å². The van der Waals surface area contributed by atoms with Gasteiger partial charge in [0.15, 0.2) is 0 Å². The molecule has 0 fully saturated rings. The minimum absolute atomic E-state index is 0.0114. The molecule has 1 aromatic heterocycles. The zero-order valence-electron chi connectivity index (χ0n) is 12.1. The Morgan fingerprint density at radius 3 is 2.47 bits per heavy atom. The highest BCUT2D eigenvalue weighted by atomic mass is 35.5. The van der Waals surface area contributed by atoms with E-state index in [9.17, 15) is 0 Å². The Balaban J connectivity index is 2.42. The molecule has 1 heterocycles. The maximum absolute atomic E-state index is 5.83. The molecule has 0 amide bonds. The van der Waals surface area contributed by atoms with Crippen molar-refractivity contribution in [3.63, 3.8) is 0 Å². The average Bonchev–Trinajstić information content (AvgIpc) is 2.26. The van der Waals surface area contributed by atoms with Gasteiger partial charge < -0.3 is 10.1 Å². The number of nitrogens with one attached hydrogen (secondary N) is 1. The largest absolute Gasteiger partial charge is 0.461 e. The molecule has 0 unspecified atom stereocenters. The van der Waals surface area contributed by atoms with E-state index in [-0.39, 0.29) is 17.4 Å². The zero-order valence-corrected chi connectivity index (χ0v) is 12.9. The molecule has 0 atom stereocenters. The number of rotatable bonds is 8. The van der Waals surface area contributed by atoms with Crippen LogP contribution in [0.3, 0.4) is 0 Å². The van der Waals surface area contributed by atoms with Gasteiger partial charge in [0, 0.05) is 6.54 Å². The number of unbranched alkanes of at least 4 members (excludes halogenated alkanes) is 1. The van der Waals surface area contributed by atoms with Crippen molar-refractivity contribution in [3.05, 3.63) is 5.28 Å². The van der Waals surface area contributed by atoms with Crippen molar-refractivity contribution in [1.29, 1.82) is 0 Å². The number of anilines is 1. The van der Waals surface area contributed by atoms with Crippen LogP contribution in [0.1, 0.15) is 47.0 Å². The van der Waals surface area contributed by atoms with E-state index in [1.807, 2.05) is 13.8 Å². The Labute approximate surface area is 120 Å². The van der Waals surface area contributed by atoms with Gasteiger partial charge in [-0.25, -0.2) is 0 Å². The second-order valence-corrected chi connectivity index (χ2v) is 5.53. The summed E-state index contributed by atoms with van der Waals surface area (Å²) in [5.41, 5.74) is 0. The van der Waals surface area contributed by atoms with Crippen LogP contribution in [0.25, 0.3) is 0 Å². The van der Waals surface area contributed by atoms with Crippen LogP contribution in [-0.2, 0) is 0 Å². The van der Waals surface area contributed by atoms with Crippen molar-refractivity contribution in [1.82, 2.24) is 15.0 Å². The predicted octanol–water partition coefficient (Wildman–Crippen LogP) is 3.55. The van der Waals surface area contributed by atoms with E-state index in [1.165, 1.54) is 12.8 Å². The van der Waals surface area contributed by atoms with Gasteiger partial charge in [0.2, 0.25) is 11.2 Å². The molecule has 1 N–H and O–H groups in total. The fourth-order valence-electron chi connectivity index (χ4n) is 1.55. The molecule has 108 valence electrons. The first kappa shape index (κ1) is 16.0. The van der Waals surface area contributed by atoms with Crippen LogP contribution >= 0.6 is 11.6 Å². The maximum atomic E-state index is 5.83. The fourth-order valence-corrected chi connectivity index (χ4v) is 1.70. The van der Waals surface area contributed by atoms with E-state index in [1.54, 1.807) is 0 Å². The van der Waals surface area contributed by atoms with E-state index in [0.717, 1.165) is 18.9 Å². The molecule has 1 rings (SSSR count). The Bertz CT molecular complexity index is 385. The normalized spacial score (nSPS) is 11.1.